The van der Waals surface area contributed by atoms with Crippen molar-refractivity contribution >= 4 is 11.3 Å². The quantitative estimate of drug-likeness (QED) is 0.772. The Bertz CT molecular complexity index is 669. The molecule has 3 aromatic rings. The van der Waals surface area contributed by atoms with E-state index < -0.39 is 0 Å². The lowest BCUT2D eigenvalue weighted by Crippen LogP contribution is -2.24. The fourth-order valence-electron chi connectivity index (χ4n) is 2.09. The third kappa shape index (κ3) is 2.63. The van der Waals surface area contributed by atoms with Crippen LogP contribution in [0.15, 0.2) is 36.2 Å². The van der Waals surface area contributed by atoms with Gasteiger partial charge in [-0.05, 0) is 11.4 Å². The van der Waals surface area contributed by atoms with Gasteiger partial charge in [-0.25, -0.2) is 9.97 Å². The van der Waals surface area contributed by atoms with Crippen molar-refractivity contribution in [3.63, 3.8) is 0 Å². The van der Waals surface area contributed by atoms with E-state index in [1.807, 2.05) is 31.1 Å². The number of nitrogens with one attached hydrogen (secondary N) is 1. The van der Waals surface area contributed by atoms with Gasteiger partial charge in [0.2, 0.25) is 0 Å². The Morgan fingerprint density at radius 3 is 2.85 bits per heavy atom. The molecule has 0 aromatic carbocycles. The summed E-state index contributed by atoms with van der Waals surface area (Å²) in [4.78, 5) is 9.92. The molecule has 20 heavy (non-hydrogen) atoms. The number of nitrogens with zero attached hydrogens (tertiary/aromatic N) is 5. The molecule has 0 aliphatic heterocycles. The highest BCUT2D eigenvalue weighted by Crippen LogP contribution is 2.24. The fourth-order valence-corrected chi connectivity index (χ4v) is 2.88. The van der Waals surface area contributed by atoms with Crippen molar-refractivity contribution in [2.75, 3.05) is 0 Å². The first-order valence-electron chi connectivity index (χ1n) is 6.32. The standard InChI is InChI=1S/C13H16N6S/c1-18-6-5-14-13(18)12(10-4-3-7-20-10)15-8-11-16-9-19(2)17-11/h3-7,9,12,15H,8H2,1-2H3. The van der Waals surface area contributed by atoms with E-state index in [1.165, 1.54) is 4.88 Å². The smallest absolute Gasteiger partial charge is 0.164 e. The Hall–Kier alpha value is -1.99. The number of hydrogen-bond acceptors (Lipinski definition) is 5. The lowest BCUT2D eigenvalue weighted by molar-refractivity contribution is 0.550. The zero-order chi connectivity index (χ0) is 13.9. The van der Waals surface area contributed by atoms with Crippen LogP contribution >= 0.6 is 11.3 Å². The van der Waals surface area contributed by atoms with Gasteiger partial charge in [0.25, 0.3) is 0 Å². The molecule has 0 radical (unpaired) electrons. The van der Waals surface area contributed by atoms with E-state index >= 15 is 0 Å². The van der Waals surface area contributed by atoms with Crippen LogP contribution in [0, 0.1) is 0 Å². The summed E-state index contributed by atoms with van der Waals surface area (Å²) in [5, 5.41) is 9.85. The predicted molar refractivity (Wildman–Crippen MR) is 77.2 cm³/mol. The molecule has 0 fully saturated rings. The lowest BCUT2D eigenvalue weighted by Gasteiger charge is -2.16. The van der Waals surface area contributed by atoms with Crippen LogP contribution in [0.3, 0.4) is 0 Å². The van der Waals surface area contributed by atoms with Gasteiger partial charge in [0.1, 0.15) is 18.2 Å². The van der Waals surface area contributed by atoms with Gasteiger partial charge in [0.05, 0.1) is 6.54 Å². The topological polar surface area (TPSA) is 60.6 Å². The van der Waals surface area contributed by atoms with Gasteiger partial charge >= 0.3 is 0 Å². The van der Waals surface area contributed by atoms with Crippen molar-refractivity contribution in [3.8, 4) is 0 Å². The largest absolute Gasteiger partial charge is 0.336 e. The summed E-state index contributed by atoms with van der Waals surface area (Å²) in [6, 6.07) is 4.22. The molecule has 3 aromatic heterocycles. The van der Waals surface area contributed by atoms with E-state index in [4.69, 9.17) is 0 Å². The zero-order valence-corrected chi connectivity index (χ0v) is 12.2. The molecule has 0 bridgehead atoms. The molecule has 1 atom stereocenters. The average Bonchev–Trinajstić information content (AvgIpc) is 3.14. The fraction of sp³-hybridized carbons (Fsp3) is 0.308. The third-order valence-electron chi connectivity index (χ3n) is 3.06. The van der Waals surface area contributed by atoms with Crippen LogP contribution < -0.4 is 5.32 Å². The zero-order valence-electron chi connectivity index (χ0n) is 11.4. The number of imidazole rings is 1. The van der Waals surface area contributed by atoms with Gasteiger partial charge in [-0.2, -0.15) is 5.10 Å². The molecule has 1 N–H and O–H groups in total. The van der Waals surface area contributed by atoms with Gasteiger partial charge in [-0.1, -0.05) is 6.07 Å². The summed E-state index contributed by atoms with van der Waals surface area (Å²) in [6.07, 6.45) is 5.48. The predicted octanol–water partition coefficient (Wildman–Crippen LogP) is 1.49. The van der Waals surface area contributed by atoms with Crippen molar-refractivity contribution < 1.29 is 0 Å². The van der Waals surface area contributed by atoms with Crippen LogP contribution in [0.2, 0.25) is 0 Å². The molecule has 1 unspecified atom stereocenters. The van der Waals surface area contributed by atoms with E-state index in [1.54, 1.807) is 22.3 Å². The number of rotatable bonds is 5. The number of thiophene rings is 1. The normalized spacial score (nSPS) is 12.7. The SMILES string of the molecule is Cn1cnc(CNC(c2cccs2)c2nccn2C)n1. The maximum Gasteiger partial charge on any atom is 0.164 e. The Kier molecular flexibility index (Phi) is 3.62. The van der Waals surface area contributed by atoms with Gasteiger partial charge in [-0.15, -0.1) is 11.3 Å². The molecule has 0 aliphatic carbocycles. The Morgan fingerprint density at radius 1 is 1.35 bits per heavy atom. The third-order valence-corrected chi connectivity index (χ3v) is 3.99. The Labute approximate surface area is 121 Å². The average molecular weight is 288 g/mol. The van der Waals surface area contributed by atoms with Crippen LogP contribution in [0.5, 0.6) is 0 Å². The van der Waals surface area contributed by atoms with Gasteiger partial charge < -0.3 is 4.57 Å². The first-order valence-corrected chi connectivity index (χ1v) is 7.20. The first-order chi connectivity index (χ1) is 9.74. The van der Waals surface area contributed by atoms with E-state index in [2.05, 4.69) is 37.9 Å². The Morgan fingerprint density at radius 2 is 2.25 bits per heavy atom. The van der Waals surface area contributed by atoms with Crippen molar-refractivity contribution in [2.45, 2.75) is 12.6 Å². The number of aryl methyl sites for hydroxylation is 2. The maximum absolute atomic E-state index is 4.45. The summed E-state index contributed by atoms with van der Waals surface area (Å²) >= 11 is 1.72. The van der Waals surface area contributed by atoms with E-state index in [0.717, 1.165) is 11.6 Å². The highest BCUT2D eigenvalue weighted by molar-refractivity contribution is 7.10. The number of hydrogen-bond donors (Lipinski definition) is 1. The van der Waals surface area contributed by atoms with Crippen LogP contribution in [0.25, 0.3) is 0 Å². The molecule has 0 saturated carbocycles. The number of aromatic nitrogens is 5. The van der Waals surface area contributed by atoms with Crippen LogP contribution in [-0.2, 0) is 20.6 Å². The summed E-state index contributed by atoms with van der Waals surface area (Å²) in [5.41, 5.74) is 0. The second kappa shape index (κ2) is 5.56. The highest BCUT2D eigenvalue weighted by atomic mass is 32.1. The van der Waals surface area contributed by atoms with Crippen LogP contribution in [0.1, 0.15) is 22.6 Å². The monoisotopic (exact) mass is 288 g/mol. The molecular weight excluding hydrogens is 272 g/mol. The molecule has 7 heteroatoms. The van der Waals surface area contributed by atoms with Crippen LogP contribution in [0.4, 0.5) is 0 Å². The minimum Gasteiger partial charge on any atom is -0.336 e. The van der Waals surface area contributed by atoms with Crippen molar-refractivity contribution in [1.29, 1.82) is 0 Å². The van der Waals surface area contributed by atoms with Crippen LogP contribution in [-0.4, -0.2) is 24.3 Å². The van der Waals surface area contributed by atoms with Crippen molar-refractivity contribution in [2.24, 2.45) is 14.1 Å². The van der Waals surface area contributed by atoms with E-state index in [0.29, 0.717) is 6.54 Å². The summed E-state index contributed by atoms with van der Waals surface area (Å²) in [5.74, 6) is 1.77. The molecule has 6 nitrogen and oxygen atoms in total. The highest BCUT2D eigenvalue weighted by Gasteiger charge is 2.19. The molecule has 104 valence electrons. The molecule has 0 saturated heterocycles. The first kappa shape index (κ1) is 13.0. The maximum atomic E-state index is 4.45. The molecule has 3 heterocycles. The second-order valence-corrected chi connectivity index (χ2v) is 5.54. The minimum atomic E-state index is 0.0545. The van der Waals surface area contributed by atoms with Gasteiger partial charge in [0, 0.05) is 31.4 Å². The molecule has 0 aliphatic rings. The molecule has 0 amide bonds. The molecule has 3 rings (SSSR count). The summed E-state index contributed by atoms with van der Waals surface area (Å²) in [7, 11) is 3.87. The Balaban J connectivity index is 1.81. The minimum absolute atomic E-state index is 0.0545. The van der Waals surface area contributed by atoms with Gasteiger partial charge in [-0.3, -0.25) is 10.00 Å². The van der Waals surface area contributed by atoms with Gasteiger partial charge in [0.15, 0.2) is 5.82 Å². The van der Waals surface area contributed by atoms with E-state index in [-0.39, 0.29) is 6.04 Å². The molecule has 0 spiro atoms. The summed E-state index contributed by atoms with van der Waals surface area (Å²) < 4.78 is 3.74. The van der Waals surface area contributed by atoms with Crippen molar-refractivity contribution in [1.82, 2.24) is 29.6 Å². The molecular formula is C13H16N6S. The lowest BCUT2D eigenvalue weighted by atomic mass is 10.2. The second-order valence-electron chi connectivity index (χ2n) is 4.56. The summed E-state index contributed by atoms with van der Waals surface area (Å²) in [6.45, 7) is 0.607. The van der Waals surface area contributed by atoms with Crippen molar-refractivity contribution in [3.05, 3.63) is 52.8 Å². The van der Waals surface area contributed by atoms with E-state index in [9.17, 15) is 0 Å².